The molecule has 0 spiro atoms. The van der Waals surface area contributed by atoms with Crippen molar-refractivity contribution >= 4 is 35.2 Å². The first-order chi connectivity index (χ1) is 11.8. The van der Waals surface area contributed by atoms with Gasteiger partial charge in [-0.05, 0) is 37.1 Å². The number of non-ortho nitro benzene ring substituents is 1. The molecule has 0 N–H and O–H groups in total. The third-order valence-corrected chi connectivity index (χ3v) is 4.05. The Bertz CT molecular complexity index is 964. The van der Waals surface area contributed by atoms with E-state index >= 15 is 0 Å². The van der Waals surface area contributed by atoms with Gasteiger partial charge in [-0.1, -0.05) is 35.4 Å². The molecule has 3 rings (SSSR count). The van der Waals surface area contributed by atoms with Crippen LogP contribution in [0, 0.1) is 24.0 Å². The minimum atomic E-state index is -0.592. The van der Waals surface area contributed by atoms with Crippen LogP contribution in [0.25, 0.3) is 6.08 Å². The maximum absolute atomic E-state index is 12.1. The molecule has 0 aliphatic carbocycles. The van der Waals surface area contributed by atoms with Crippen LogP contribution in [0.5, 0.6) is 0 Å². The number of benzene rings is 2. The van der Waals surface area contributed by atoms with Crippen molar-refractivity contribution in [1.82, 2.24) is 0 Å². The number of hydrogen-bond acceptors (Lipinski definition) is 5. The monoisotopic (exact) mass is 356 g/mol. The van der Waals surface area contributed by atoms with Gasteiger partial charge in [-0.2, -0.15) is 0 Å². The van der Waals surface area contributed by atoms with Crippen LogP contribution < -0.4 is 0 Å². The van der Waals surface area contributed by atoms with Gasteiger partial charge in [-0.25, -0.2) is 9.79 Å². The summed E-state index contributed by atoms with van der Waals surface area (Å²) in [6.07, 6.45) is 1.65. The highest BCUT2D eigenvalue weighted by atomic mass is 35.5. The van der Waals surface area contributed by atoms with E-state index in [2.05, 4.69) is 4.99 Å². The number of nitro benzene ring substituents is 1. The lowest BCUT2D eigenvalue weighted by Gasteiger charge is -2.02. The van der Waals surface area contributed by atoms with E-state index in [4.69, 9.17) is 16.3 Å². The smallest absolute Gasteiger partial charge is 0.363 e. The third-order valence-electron chi connectivity index (χ3n) is 3.74. The van der Waals surface area contributed by atoms with Gasteiger partial charge in [0.15, 0.2) is 5.70 Å². The minimum absolute atomic E-state index is 0.0291. The van der Waals surface area contributed by atoms with Gasteiger partial charge in [-0.15, -0.1) is 0 Å². The summed E-state index contributed by atoms with van der Waals surface area (Å²) in [6.45, 7) is 3.89. The average molecular weight is 357 g/mol. The van der Waals surface area contributed by atoms with E-state index in [-0.39, 0.29) is 22.3 Å². The molecule has 1 aliphatic heterocycles. The second-order valence-corrected chi connectivity index (χ2v) is 6.02. The number of rotatable bonds is 3. The molecule has 0 bridgehead atoms. The van der Waals surface area contributed by atoms with Gasteiger partial charge in [0.1, 0.15) is 0 Å². The number of nitrogens with zero attached hydrogens (tertiary/aromatic N) is 2. The Kier molecular flexibility index (Phi) is 4.37. The van der Waals surface area contributed by atoms with Crippen LogP contribution in [0.2, 0.25) is 5.02 Å². The second kappa shape index (κ2) is 6.49. The highest BCUT2D eigenvalue weighted by Gasteiger charge is 2.26. The zero-order chi connectivity index (χ0) is 18.1. The van der Waals surface area contributed by atoms with Crippen LogP contribution >= 0.6 is 11.6 Å². The normalized spacial score (nSPS) is 15.2. The predicted molar refractivity (Wildman–Crippen MR) is 94.6 cm³/mol. The zero-order valence-corrected chi connectivity index (χ0v) is 14.2. The first-order valence-electron chi connectivity index (χ1n) is 7.39. The number of hydrogen-bond donors (Lipinski definition) is 0. The molecule has 2 aromatic rings. The van der Waals surface area contributed by atoms with Crippen LogP contribution in [0.1, 0.15) is 22.3 Å². The topological polar surface area (TPSA) is 81.8 Å². The van der Waals surface area contributed by atoms with Gasteiger partial charge in [0.05, 0.1) is 15.5 Å². The molecule has 7 heteroatoms. The SMILES string of the molecule is Cc1ccc(C)c(/C=C2\N=C(c3ccc([N+](=O)[O-])cc3Cl)OC2=O)c1. The summed E-state index contributed by atoms with van der Waals surface area (Å²) in [7, 11) is 0. The second-order valence-electron chi connectivity index (χ2n) is 5.62. The molecule has 0 fully saturated rings. The molecular formula is C18H13ClN2O4. The molecule has 1 heterocycles. The van der Waals surface area contributed by atoms with Crippen molar-refractivity contribution in [3.8, 4) is 0 Å². The van der Waals surface area contributed by atoms with Crippen LogP contribution in [-0.4, -0.2) is 16.8 Å². The van der Waals surface area contributed by atoms with Crippen molar-refractivity contribution in [3.63, 3.8) is 0 Å². The fraction of sp³-hybridized carbons (Fsp3) is 0.111. The maximum atomic E-state index is 12.1. The molecule has 6 nitrogen and oxygen atoms in total. The number of nitro groups is 1. The Morgan fingerprint density at radius 2 is 1.96 bits per heavy atom. The van der Waals surface area contributed by atoms with E-state index < -0.39 is 10.9 Å². The first-order valence-corrected chi connectivity index (χ1v) is 7.77. The van der Waals surface area contributed by atoms with Gasteiger partial charge in [0, 0.05) is 12.1 Å². The van der Waals surface area contributed by atoms with E-state index in [1.54, 1.807) is 6.08 Å². The fourth-order valence-corrected chi connectivity index (χ4v) is 2.63. The van der Waals surface area contributed by atoms with Crippen molar-refractivity contribution in [1.29, 1.82) is 0 Å². The van der Waals surface area contributed by atoms with E-state index in [1.165, 1.54) is 18.2 Å². The molecule has 0 saturated heterocycles. The van der Waals surface area contributed by atoms with Crippen LogP contribution in [0.3, 0.4) is 0 Å². The quantitative estimate of drug-likeness (QED) is 0.357. The molecule has 0 amide bonds. The Hall–Kier alpha value is -2.99. The molecule has 0 radical (unpaired) electrons. The van der Waals surface area contributed by atoms with Gasteiger partial charge in [0.25, 0.3) is 5.69 Å². The summed E-state index contributed by atoms with van der Waals surface area (Å²) in [5.41, 5.74) is 3.26. The first kappa shape index (κ1) is 16.9. The highest BCUT2D eigenvalue weighted by molar-refractivity contribution is 6.34. The lowest BCUT2D eigenvalue weighted by atomic mass is 10.0. The zero-order valence-electron chi connectivity index (χ0n) is 13.4. The number of halogens is 1. The lowest BCUT2D eigenvalue weighted by Crippen LogP contribution is -2.06. The van der Waals surface area contributed by atoms with Gasteiger partial charge < -0.3 is 4.74 Å². The van der Waals surface area contributed by atoms with Gasteiger partial charge in [-0.3, -0.25) is 10.1 Å². The number of cyclic esters (lactones) is 1. The summed E-state index contributed by atoms with van der Waals surface area (Å²) in [5.74, 6) is -0.563. The van der Waals surface area contributed by atoms with E-state index in [0.29, 0.717) is 5.56 Å². The van der Waals surface area contributed by atoms with E-state index in [1.807, 2.05) is 32.0 Å². The Morgan fingerprint density at radius 3 is 2.64 bits per heavy atom. The number of ether oxygens (including phenoxy) is 1. The van der Waals surface area contributed by atoms with Crippen LogP contribution in [-0.2, 0) is 9.53 Å². The largest absolute Gasteiger partial charge is 0.402 e. The van der Waals surface area contributed by atoms with Crippen molar-refractivity contribution < 1.29 is 14.5 Å². The third kappa shape index (κ3) is 3.44. The summed E-state index contributed by atoms with van der Waals surface area (Å²) in [6, 6.07) is 9.77. The maximum Gasteiger partial charge on any atom is 0.363 e. The molecule has 1 aliphatic rings. The minimum Gasteiger partial charge on any atom is -0.402 e. The summed E-state index contributed by atoms with van der Waals surface area (Å²) < 4.78 is 5.17. The molecule has 126 valence electrons. The number of esters is 1. The van der Waals surface area contributed by atoms with E-state index in [9.17, 15) is 14.9 Å². The average Bonchev–Trinajstić information content (AvgIpc) is 2.91. The Morgan fingerprint density at radius 1 is 1.20 bits per heavy atom. The molecule has 0 saturated carbocycles. The molecule has 0 atom stereocenters. The standard InChI is InChI=1S/C18H13ClN2O4/c1-10-3-4-11(2)12(7-10)8-16-18(22)25-17(20-16)14-6-5-13(21(23)24)9-15(14)19/h3-9H,1-2H3/b16-8-. The molecule has 25 heavy (non-hydrogen) atoms. The fourth-order valence-electron chi connectivity index (χ4n) is 2.38. The number of aryl methyl sites for hydroxylation is 2. The number of aliphatic imine (C=N–C) groups is 1. The Labute approximate surface area is 148 Å². The summed E-state index contributed by atoms with van der Waals surface area (Å²) in [4.78, 5) is 26.5. The van der Waals surface area contributed by atoms with Gasteiger partial charge in [0.2, 0.25) is 5.90 Å². The van der Waals surface area contributed by atoms with Crippen LogP contribution in [0.4, 0.5) is 5.69 Å². The molecular weight excluding hydrogens is 344 g/mol. The lowest BCUT2D eigenvalue weighted by molar-refractivity contribution is -0.384. The Balaban J connectivity index is 1.99. The summed E-state index contributed by atoms with van der Waals surface area (Å²) in [5, 5.41) is 10.9. The highest BCUT2D eigenvalue weighted by Crippen LogP contribution is 2.27. The molecule has 2 aromatic carbocycles. The van der Waals surface area contributed by atoms with Crippen molar-refractivity contribution in [2.24, 2.45) is 4.99 Å². The molecule has 0 unspecified atom stereocenters. The van der Waals surface area contributed by atoms with Crippen molar-refractivity contribution in [2.75, 3.05) is 0 Å². The number of carbonyl (C=O) groups excluding carboxylic acids is 1. The van der Waals surface area contributed by atoms with Crippen molar-refractivity contribution in [3.05, 3.63) is 79.5 Å². The predicted octanol–water partition coefficient (Wildman–Crippen LogP) is 4.21. The van der Waals surface area contributed by atoms with Gasteiger partial charge >= 0.3 is 5.97 Å². The summed E-state index contributed by atoms with van der Waals surface area (Å²) >= 11 is 6.06. The van der Waals surface area contributed by atoms with Crippen molar-refractivity contribution in [2.45, 2.75) is 13.8 Å². The molecule has 0 aromatic heterocycles. The van der Waals surface area contributed by atoms with E-state index in [0.717, 1.165) is 16.7 Å². The number of carbonyl (C=O) groups is 1. The van der Waals surface area contributed by atoms with Crippen LogP contribution in [0.15, 0.2) is 47.1 Å².